The summed E-state index contributed by atoms with van der Waals surface area (Å²) in [7, 11) is 0. The average Bonchev–Trinajstić information content (AvgIpc) is 3.12. The van der Waals surface area contributed by atoms with Gasteiger partial charge in [0, 0.05) is 47.5 Å². The van der Waals surface area contributed by atoms with Crippen LogP contribution in [-0.2, 0) is 6.42 Å². The van der Waals surface area contributed by atoms with E-state index in [-0.39, 0.29) is 18.5 Å². The quantitative estimate of drug-likeness (QED) is 0.617. The Morgan fingerprint density at radius 1 is 1.23 bits per heavy atom. The van der Waals surface area contributed by atoms with Crippen molar-refractivity contribution in [1.82, 2.24) is 9.88 Å². The Morgan fingerprint density at radius 3 is 2.87 bits per heavy atom. The van der Waals surface area contributed by atoms with Crippen LogP contribution in [0.5, 0.6) is 11.6 Å². The van der Waals surface area contributed by atoms with Crippen LogP contribution in [0.1, 0.15) is 42.4 Å². The predicted molar refractivity (Wildman–Crippen MR) is 116 cm³/mol. The summed E-state index contributed by atoms with van der Waals surface area (Å²) in [6.07, 6.45) is 5.44. The van der Waals surface area contributed by atoms with E-state index in [4.69, 9.17) is 4.74 Å². The number of likely N-dealkylation sites (tertiary alicyclic amines) is 1. The number of phenolic OH excluding ortho intramolecular Hbond substituents is 1. The minimum Gasteiger partial charge on any atom is -0.505 e. The molecular weight excluding hydrogens is 454 g/mol. The number of pyridine rings is 1. The van der Waals surface area contributed by atoms with Crippen LogP contribution in [0.2, 0.25) is 0 Å². The number of alkyl halides is 1. The molecule has 1 N–H and O–H groups in total. The van der Waals surface area contributed by atoms with E-state index in [1.54, 1.807) is 12.3 Å². The smallest absolute Gasteiger partial charge is 0.213 e. The molecule has 0 saturated carbocycles. The van der Waals surface area contributed by atoms with Crippen molar-refractivity contribution in [3.8, 4) is 11.6 Å². The normalized spacial score (nSPS) is 19.6. The fourth-order valence-electron chi connectivity index (χ4n) is 4.24. The number of allylic oxidation sites excluding steroid dienone is 1. The average molecular weight is 479 g/mol. The molecule has 0 amide bonds. The van der Waals surface area contributed by atoms with Crippen molar-refractivity contribution in [1.29, 1.82) is 0 Å². The first-order chi connectivity index (χ1) is 14.6. The molecular formula is C23H25BrF2N2O2. The van der Waals surface area contributed by atoms with E-state index in [2.05, 4.69) is 25.8 Å². The fraction of sp³-hybridized carbons (Fsp3) is 0.435. The molecule has 1 saturated heterocycles. The molecule has 0 radical (unpaired) electrons. The molecule has 2 aliphatic rings. The molecule has 2 heterocycles. The molecule has 0 unspecified atom stereocenters. The molecule has 160 valence electrons. The first-order valence-corrected chi connectivity index (χ1v) is 11.2. The van der Waals surface area contributed by atoms with E-state index in [9.17, 15) is 13.9 Å². The van der Waals surface area contributed by atoms with E-state index in [0.717, 1.165) is 60.1 Å². The molecule has 1 fully saturated rings. The van der Waals surface area contributed by atoms with Crippen LogP contribution in [-0.4, -0.2) is 47.4 Å². The van der Waals surface area contributed by atoms with Gasteiger partial charge in [0.1, 0.15) is 6.10 Å². The molecule has 0 spiro atoms. The number of fused-ring (bicyclic) bond motifs is 1. The van der Waals surface area contributed by atoms with Crippen LogP contribution in [0.15, 0.2) is 34.9 Å². The Morgan fingerprint density at radius 2 is 2.10 bits per heavy atom. The van der Waals surface area contributed by atoms with E-state index in [1.807, 2.05) is 12.1 Å². The third-order valence-electron chi connectivity index (χ3n) is 5.74. The van der Waals surface area contributed by atoms with Gasteiger partial charge in [-0.05, 0) is 55.4 Å². The van der Waals surface area contributed by atoms with Gasteiger partial charge >= 0.3 is 0 Å². The molecule has 0 bridgehead atoms. The first-order valence-electron chi connectivity index (χ1n) is 10.4. The van der Waals surface area contributed by atoms with Crippen molar-refractivity contribution in [2.75, 3.05) is 26.3 Å². The van der Waals surface area contributed by atoms with Gasteiger partial charge in [-0.25, -0.2) is 9.37 Å². The summed E-state index contributed by atoms with van der Waals surface area (Å²) >= 11 is 3.67. The molecule has 2 aromatic rings. The minimum atomic E-state index is -0.543. The number of aromatic nitrogens is 1. The van der Waals surface area contributed by atoms with E-state index < -0.39 is 5.82 Å². The number of aromatic hydroxyl groups is 1. The lowest BCUT2D eigenvalue weighted by molar-refractivity contribution is 0.191. The van der Waals surface area contributed by atoms with Gasteiger partial charge in [0.05, 0.1) is 6.67 Å². The molecule has 30 heavy (non-hydrogen) atoms. The third kappa shape index (κ3) is 4.52. The van der Waals surface area contributed by atoms with Gasteiger partial charge in [-0.3, -0.25) is 9.29 Å². The summed E-state index contributed by atoms with van der Waals surface area (Å²) < 4.78 is 33.9. The fourth-order valence-corrected chi connectivity index (χ4v) is 4.96. The number of ether oxygens (including phenoxy) is 1. The minimum absolute atomic E-state index is 0.0598. The topological polar surface area (TPSA) is 45.6 Å². The Hall–Kier alpha value is -1.99. The van der Waals surface area contributed by atoms with Crippen molar-refractivity contribution in [2.24, 2.45) is 0 Å². The standard InChI is InChI=1S/C23H25BrF2N2O2/c24-19-4-1-3-18-17(6-7-20(29)23(18)26)22(19)15-5-8-21(27-13-15)30-16-9-12-28(14-16)11-2-10-25/h5-8,13,16,29H,1-4,9-12,14H2/t16-/m0/s1. The number of phenols is 1. The zero-order chi connectivity index (χ0) is 21.1. The molecule has 1 aromatic carbocycles. The Bertz CT molecular complexity index is 934. The van der Waals surface area contributed by atoms with Gasteiger partial charge in [-0.15, -0.1) is 0 Å². The van der Waals surface area contributed by atoms with Crippen molar-refractivity contribution >= 4 is 21.5 Å². The maximum atomic E-state index is 14.5. The molecule has 4 nitrogen and oxygen atoms in total. The second-order valence-corrected chi connectivity index (χ2v) is 8.77. The summed E-state index contributed by atoms with van der Waals surface area (Å²) in [6, 6.07) is 6.95. The van der Waals surface area contributed by atoms with Gasteiger partial charge < -0.3 is 9.84 Å². The number of halogens is 3. The molecule has 1 aromatic heterocycles. The van der Waals surface area contributed by atoms with E-state index in [0.29, 0.717) is 24.3 Å². The molecule has 7 heteroatoms. The SMILES string of the molecule is Oc1ccc2c(c1F)CCCC(Br)=C2c1ccc(O[C@H]2CCN(CCCF)C2)nc1. The molecule has 1 aliphatic heterocycles. The van der Waals surface area contributed by atoms with Gasteiger partial charge in [-0.1, -0.05) is 22.0 Å². The molecule has 1 aliphatic carbocycles. The van der Waals surface area contributed by atoms with Crippen LogP contribution in [0.4, 0.5) is 8.78 Å². The van der Waals surface area contributed by atoms with Crippen molar-refractivity contribution in [3.63, 3.8) is 0 Å². The zero-order valence-corrected chi connectivity index (χ0v) is 18.3. The monoisotopic (exact) mass is 478 g/mol. The highest BCUT2D eigenvalue weighted by Gasteiger charge is 2.25. The van der Waals surface area contributed by atoms with Gasteiger partial charge in [0.15, 0.2) is 11.6 Å². The van der Waals surface area contributed by atoms with Gasteiger partial charge in [0.25, 0.3) is 0 Å². The van der Waals surface area contributed by atoms with Gasteiger partial charge in [-0.2, -0.15) is 0 Å². The lowest BCUT2D eigenvalue weighted by Gasteiger charge is -2.17. The number of hydrogen-bond acceptors (Lipinski definition) is 4. The summed E-state index contributed by atoms with van der Waals surface area (Å²) in [6.45, 7) is 2.17. The Kier molecular flexibility index (Phi) is 6.68. The van der Waals surface area contributed by atoms with Crippen molar-refractivity contribution in [3.05, 3.63) is 57.5 Å². The number of nitrogens with zero attached hydrogens (tertiary/aromatic N) is 2. The Labute approximate surface area is 183 Å². The number of benzene rings is 1. The van der Waals surface area contributed by atoms with E-state index in [1.165, 1.54) is 6.07 Å². The second kappa shape index (κ2) is 9.43. The summed E-state index contributed by atoms with van der Waals surface area (Å²) in [4.78, 5) is 6.70. The third-order valence-corrected chi connectivity index (χ3v) is 6.53. The maximum Gasteiger partial charge on any atom is 0.213 e. The number of hydrogen-bond donors (Lipinski definition) is 1. The first kappa shape index (κ1) is 21.2. The van der Waals surface area contributed by atoms with Crippen LogP contribution in [0.25, 0.3) is 5.57 Å². The van der Waals surface area contributed by atoms with Crippen molar-refractivity contribution in [2.45, 2.75) is 38.2 Å². The highest BCUT2D eigenvalue weighted by Crippen LogP contribution is 2.40. The highest BCUT2D eigenvalue weighted by atomic mass is 79.9. The zero-order valence-electron chi connectivity index (χ0n) is 16.7. The number of rotatable bonds is 6. The summed E-state index contributed by atoms with van der Waals surface area (Å²) in [5, 5.41) is 9.77. The van der Waals surface area contributed by atoms with Crippen LogP contribution in [0.3, 0.4) is 0 Å². The van der Waals surface area contributed by atoms with Crippen LogP contribution < -0.4 is 4.74 Å². The van der Waals surface area contributed by atoms with Crippen LogP contribution >= 0.6 is 15.9 Å². The summed E-state index contributed by atoms with van der Waals surface area (Å²) in [5.74, 6) is -0.303. The predicted octanol–water partition coefficient (Wildman–Crippen LogP) is 5.23. The molecule has 4 rings (SSSR count). The lowest BCUT2D eigenvalue weighted by Crippen LogP contribution is -2.26. The lowest BCUT2D eigenvalue weighted by atomic mass is 9.94. The van der Waals surface area contributed by atoms with E-state index >= 15 is 0 Å². The van der Waals surface area contributed by atoms with Crippen molar-refractivity contribution < 1.29 is 18.6 Å². The second-order valence-electron chi connectivity index (χ2n) is 7.82. The highest BCUT2D eigenvalue weighted by molar-refractivity contribution is 9.11. The molecule has 1 atom stereocenters. The van der Waals surface area contributed by atoms with Crippen LogP contribution in [0, 0.1) is 5.82 Å². The van der Waals surface area contributed by atoms with Gasteiger partial charge in [0.2, 0.25) is 5.88 Å². The maximum absolute atomic E-state index is 14.5. The largest absolute Gasteiger partial charge is 0.505 e. The Balaban J connectivity index is 1.52. The summed E-state index contributed by atoms with van der Waals surface area (Å²) in [5.41, 5.74) is 3.10.